The van der Waals surface area contributed by atoms with Crippen LogP contribution in [0.5, 0.6) is 0 Å². The molecule has 0 saturated heterocycles. The molecule has 1 aromatic carbocycles. The lowest BCUT2D eigenvalue weighted by Crippen LogP contribution is -2.09. The highest BCUT2D eigenvalue weighted by molar-refractivity contribution is 5.68. The minimum atomic E-state index is -4.48. The fraction of sp³-hybridized carbons (Fsp3) is 0.250. The number of aliphatic hydroxyl groups excluding tert-OH is 1. The fourth-order valence-corrected chi connectivity index (χ4v) is 1.03. The van der Waals surface area contributed by atoms with Crippen LogP contribution in [-0.4, -0.2) is 5.11 Å². The SMILES string of the molecule is Nc1cc(C(F)(F)F)cc(CO)c1N. The van der Waals surface area contributed by atoms with Crippen molar-refractivity contribution in [2.45, 2.75) is 12.8 Å². The Morgan fingerprint density at radius 2 is 1.79 bits per heavy atom. The molecule has 0 spiro atoms. The molecule has 0 fully saturated rings. The molecule has 0 aliphatic heterocycles. The van der Waals surface area contributed by atoms with E-state index in [2.05, 4.69) is 0 Å². The molecule has 0 aliphatic rings. The third kappa shape index (κ3) is 1.90. The first-order valence-electron chi connectivity index (χ1n) is 3.72. The maximum absolute atomic E-state index is 12.2. The van der Waals surface area contributed by atoms with Gasteiger partial charge in [-0.3, -0.25) is 0 Å². The molecule has 0 radical (unpaired) electrons. The highest BCUT2D eigenvalue weighted by Crippen LogP contribution is 2.34. The van der Waals surface area contributed by atoms with Crippen LogP contribution in [0.4, 0.5) is 24.5 Å². The Labute approximate surface area is 78.1 Å². The van der Waals surface area contributed by atoms with Crippen molar-refractivity contribution < 1.29 is 18.3 Å². The van der Waals surface area contributed by atoms with E-state index in [1.54, 1.807) is 0 Å². The smallest absolute Gasteiger partial charge is 0.397 e. The molecule has 0 bridgehead atoms. The lowest BCUT2D eigenvalue weighted by molar-refractivity contribution is -0.137. The van der Waals surface area contributed by atoms with Gasteiger partial charge in [0.2, 0.25) is 0 Å². The largest absolute Gasteiger partial charge is 0.416 e. The second-order valence-electron chi connectivity index (χ2n) is 2.79. The summed E-state index contributed by atoms with van der Waals surface area (Å²) in [5.41, 5.74) is 9.49. The van der Waals surface area contributed by atoms with Crippen molar-refractivity contribution in [1.29, 1.82) is 0 Å². The Kier molecular flexibility index (Phi) is 2.57. The number of hydrogen-bond donors (Lipinski definition) is 3. The van der Waals surface area contributed by atoms with E-state index in [0.29, 0.717) is 0 Å². The van der Waals surface area contributed by atoms with Crippen LogP contribution in [0.15, 0.2) is 12.1 Å². The van der Waals surface area contributed by atoms with Crippen molar-refractivity contribution in [3.8, 4) is 0 Å². The van der Waals surface area contributed by atoms with Crippen molar-refractivity contribution in [2.24, 2.45) is 0 Å². The normalized spacial score (nSPS) is 11.7. The van der Waals surface area contributed by atoms with E-state index in [-0.39, 0.29) is 16.9 Å². The average molecular weight is 206 g/mol. The molecule has 3 nitrogen and oxygen atoms in total. The molecule has 0 amide bonds. The van der Waals surface area contributed by atoms with Crippen molar-refractivity contribution in [1.82, 2.24) is 0 Å². The molecule has 5 N–H and O–H groups in total. The number of rotatable bonds is 1. The van der Waals surface area contributed by atoms with Crippen molar-refractivity contribution >= 4 is 11.4 Å². The minimum Gasteiger partial charge on any atom is -0.397 e. The van der Waals surface area contributed by atoms with Crippen molar-refractivity contribution in [3.05, 3.63) is 23.3 Å². The Bertz CT molecular complexity index is 349. The van der Waals surface area contributed by atoms with E-state index in [0.717, 1.165) is 12.1 Å². The monoisotopic (exact) mass is 206 g/mol. The Morgan fingerprint density at radius 1 is 1.21 bits per heavy atom. The van der Waals surface area contributed by atoms with E-state index in [9.17, 15) is 13.2 Å². The fourth-order valence-electron chi connectivity index (χ4n) is 1.03. The molecule has 1 rings (SSSR count). The van der Waals surface area contributed by atoms with Gasteiger partial charge in [-0.2, -0.15) is 13.2 Å². The maximum Gasteiger partial charge on any atom is 0.416 e. The molecule has 0 aliphatic carbocycles. The highest BCUT2D eigenvalue weighted by Gasteiger charge is 2.31. The van der Waals surface area contributed by atoms with Crippen LogP contribution >= 0.6 is 0 Å². The number of aliphatic hydroxyl groups is 1. The molecule has 0 aromatic heterocycles. The van der Waals surface area contributed by atoms with Gasteiger partial charge >= 0.3 is 6.18 Å². The molecule has 78 valence electrons. The topological polar surface area (TPSA) is 72.3 Å². The van der Waals surface area contributed by atoms with Gasteiger partial charge in [-0.15, -0.1) is 0 Å². The van der Waals surface area contributed by atoms with E-state index in [1.165, 1.54) is 0 Å². The zero-order valence-electron chi connectivity index (χ0n) is 7.10. The zero-order chi connectivity index (χ0) is 10.9. The molecule has 1 aromatic rings. The van der Waals surface area contributed by atoms with Gasteiger partial charge in [0.1, 0.15) is 0 Å². The van der Waals surface area contributed by atoms with E-state index < -0.39 is 18.3 Å². The van der Waals surface area contributed by atoms with Crippen LogP contribution in [-0.2, 0) is 12.8 Å². The average Bonchev–Trinajstić information content (AvgIpc) is 2.07. The van der Waals surface area contributed by atoms with Gasteiger partial charge in [0.05, 0.1) is 23.5 Å². The Morgan fingerprint density at radius 3 is 2.21 bits per heavy atom. The first-order chi connectivity index (χ1) is 6.36. The number of anilines is 2. The summed E-state index contributed by atoms with van der Waals surface area (Å²) in [7, 11) is 0. The second-order valence-corrected chi connectivity index (χ2v) is 2.79. The molecule has 6 heteroatoms. The zero-order valence-corrected chi connectivity index (χ0v) is 7.10. The standard InChI is InChI=1S/C8H9F3N2O/c9-8(10,11)5-1-4(3-14)7(13)6(12)2-5/h1-2,14H,3,12-13H2. The van der Waals surface area contributed by atoms with Gasteiger partial charge < -0.3 is 16.6 Å². The molecule has 0 saturated carbocycles. The number of nitrogen functional groups attached to an aromatic ring is 2. The summed E-state index contributed by atoms with van der Waals surface area (Å²) < 4.78 is 36.7. The number of halogens is 3. The molecular formula is C8H9F3N2O. The van der Waals surface area contributed by atoms with Crippen molar-refractivity contribution in [3.63, 3.8) is 0 Å². The quantitative estimate of drug-likeness (QED) is 0.607. The first-order valence-corrected chi connectivity index (χ1v) is 3.72. The Balaban J connectivity index is 3.30. The molecular weight excluding hydrogens is 197 g/mol. The third-order valence-electron chi connectivity index (χ3n) is 1.80. The highest BCUT2D eigenvalue weighted by atomic mass is 19.4. The predicted molar refractivity (Wildman–Crippen MR) is 46.2 cm³/mol. The van der Waals surface area contributed by atoms with Crippen LogP contribution in [0, 0.1) is 0 Å². The summed E-state index contributed by atoms with van der Waals surface area (Å²) in [6, 6.07) is 1.53. The van der Waals surface area contributed by atoms with Gasteiger partial charge in [-0.1, -0.05) is 0 Å². The van der Waals surface area contributed by atoms with Gasteiger partial charge in [-0.05, 0) is 12.1 Å². The van der Waals surface area contributed by atoms with E-state index in [1.807, 2.05) is 0 Å². The van der Waals surface area contributed by atoms with Crippen LogP contribution in [0.3, 0.4) is 0 Å². The Hall–Kier alpha value is -1.43. The van der Waals surface area contributed by atoms with Gasteiger partial charge in [0, 0.05) is 5.56 Å². The summed E-state index contributed by atoms with van der Waals surface area (Å²) in [4.78, 5) is 0. The molecule has 14 heavy (non-hydrogen) atoms. The molecule has 0 heterocycles. The van der Waals surface area contributed by atoms with Gasteiger partial charge in [0.25, 0.3) is 0 Å². The summed E-state index contributed by atoms with van der Waals surface area (Å²) >= 11 is 0. The summed E-state index contributed by atoms with van der Waals surface area (Å²) in [5, 5.41) is 8.73. The predicted octanol–water partition coefficient (Wildman–Crippen LogP) is 1.36. The van der Waals surface area contributed by atoms with Crippen molar-refractivity contribution in [2.75, 3.05) is 11.5 Å². The first kappa shape index (κ1) is 10.6. The number of nitrogens with two attached hydrogens (primary N) is 2. The number of hydrogen-bond acceptors (Lipinski definition) is 3. The lowest BCUT2D eigenvalue weighted by Gasteiger charge is -2.12. The summed E-state index contributed by atoms with van der Waals surface area (Å²) in [6.07, 6.45) is -4.48. The summed E-state index contributed by atoms with van der Waals surface area (Å²) in [6.45, 7) is -0.569. The van der Waals surface area contributed by atoms with Crippen LogP contribution in [0.25, 0.3) is 0 Å². The summed E-state index contributed by atoms with van der Waals surface area (Å²) in [5.74, 6) is 0. The lowest BCUT2D eigenvalue weighted by atomic mass is 10.1. The van der Waals surface area contributed by atoms with Gasteiger partial charge in [0.15, 0.2) is 0 Å². The van der Waals surface area contributed by atoms with Crippen LogP contribution in [0.2, 0.25) is 0 Å². The number of alkyl halides is 3. The van der Waals surface area contributed by atoms with Gasteiger partial charge in [-0.25, -0.2) is 0 Å². The number of benzene rings is 1. The van der Waals surface area contributed by atoms with E-state index >= 15 is 0 Å². The maximum atomic E-state index is 12.2. The third-order valence-corrected chi connectivity index (χ3v) is 1.80. The van der Waals surface area contributed by atoms with Crippen LogP contribution in [0.1, 0.15) is 11.1 Å². The van der Waals surface area contributed by atoms with Crippen LogP contribution < -0.4 is 11.5 Å². The molecule has 0 atom stereocenters. The van der Waals surface area contributed by atoms with E-state index in [4.69, 9.17) is 16.6 Å². The molecule has 0 unspecified atom stereocenters. The minimum absolute atomic E-state index is 0.0134. The second kappa shape index (κ2) is 3.38.